The van der Waals surface area contributed by atoms with Gasteiger partial charge in [-0.1, -0.05) is 24.3 Å². The van der Waals surface area contributed by atoms with Gasteiger partial charge < -0.3 is 10.2 Å². The number of carbonyl (C=O) groups excluding carboxylic acids is 2. The summed E-state index contributed by atoms with van der Waals surface area (Å²) in [5, 5.41) is 2.89. The van der Waals surface area contributed by atoms with Gasteiger partial charge in [-0.2, -0.15) is 0 Å². The average molecular weight is 389 g/mol. The molecule has 6 heteroatoms. The minimum absolute atomic E-state index is 0.0356. The van der Waals surface area contributed by atoms with Crippen LogP contribution in [0.5, 0.6) is 0 Å². The second-order valence-electron chi connectivity index (χ2n) is 6.99. The Morgan fingerprint density at radius 1 is 1.00 bits per heavy atom. The maximum Gasteiger partial charge on any atom is 0.258 e. The molecule has 2 heterocycles. The molecular weight excluding hydrogens is 369 g/mol. The summed E-state index contributed by atoms with van der Waals surface area (Å²) in [4.78, 5) is 30.6. The van der Waals surface area contributed by atoms with E-state index in [1.54, 1.807) is 41.6 Å². The van der Waals surface area contributed by atoms with Gasteiger partial charge >= 0.3 is 0 Å². The van der Waals surface area contributed by atoms with E-state index in [4.69, 9.17) is 0 Å². The second kappa shape index (κ2) is 8.22. The molecule has 0 fully saturated rings. The van der Waals surface area contributed by atoms with Gasteiger partial charge in [0.1, 0.15) is 5.82 Å². The molecule has 5 nitrogen and oxygen atoms in total. The lowest BCUT2D eigenvalue weighted by Gasteiger charge is -2.17. The fourth-order valence-electron chi connectivity index (χ4n) is 3.48. The van der Waals surface area contributed by atoms with Gasteiger partial charge in [0.25, 0.3) is 5.91 Å². The van der Waals surface area contributed by atoms with Gasteiger partial charge in [0.15, 0.2) is 0 Å². The Morgan fingerprint density at radius 3 is 2.48 bits per heavy atom. The molecule has 3 aromatic rings. The summed E-state index contributed by atoms with van der Waals surface area (Å²) in [6, 6.07) is 15.2. The minimum Gasteiger partial charge on any atom is -0.352 e. The number of halogens is 1. The molecule has 1 aliphatic rings. The van der Waals surface area contributed by atoms with Crippen LogP contribution in [0.15, 0.2) is 67.0 Å². The summed E-state index contributed by atoms with van der Waals surface area (Å²) in [6.45, 7) is 1.04. The highest BCUT2D eigenvalue weighted by atomic mass is 19.1. The van der Waals surface area contributed by atoms with Crippen molar-refractivity contribution in [2.75, 3.05) is 11.4 Å². The molecule has 4 rings (SSSR count). The summed E-state index contributed by atoms with van der Waals surface area (Å²) in [7, 11) is 0. The number of carbonyl (C=O) groups is 2. The van der Waals surface area contributed by atoms with E-state index in [2.05, 4.69) is 10.3 Å². The predicted octanol–water partition coefficient (Wildman–Crippen LogP) is 3.28. The molecule has 0 aliphatic carbocycles. The molecule has 0 radical (unpaired) electrons. The van der Waals surface area contributed by atoms with E-state index in [1.807, 2.05) is 18.2 Å². The monoisotopic (exact) mass is 389 g/mol. The Balaban J connectivity index is 1.38. The van der Waals surface area contributed by atoms with Crippen molar-refractivity contribution in [3.8, 4) is 0 Å². The third-order valence-corrected chi connectivity index (χ3v) is 4.98. The zero-order valence-electron chi connectivity index (χ0n) is 15.8. The highest BCUT2D eigenvalue weighted by Gasteiger charge is 2.25. The number of fused-ring (bicyclic) bond motifs is 1. The topological polar surface area (TPSA) is 62.3 Å². The second-order valence-corrected chi connectivity index (χ2v) is 6.99. The molecule has 0 saturated carbocycles. The normalized spacial score (nSPS) is 12.5. The van der Waals surface area contributed by atoms with Gasteiger partial charge in [0.05, 0.1) is 6.42 Å². The van der Waals surface area contributed by atoms with Gasteiger partial charge in [-0.25, -0.2) is 4.39 Å². The fraction of sp³-hybridized carbons (Fsp3) is 0.174. The molecule has 0 bridgehead atoms. The van der Waals surface area contributed by atoms with Gasteiger partial charge in [-0.15, -0.1) is 0 Å². The van der Waals surface area contributed by atoms with Crippen molar-refractivity contribution in [3.05, 3.63) is 95.1 Å². The summed E-state index contributed by atoms with van der Waals surface area (Å²) < 4.78 is 12.9. The third-order valence-electron chi connectivity index (χ3n) is 4.98. The number of nitrogens with zero attached hydrogens (tertiary/aromatic N) is 2. The van der Waals surface area contributed by atoms with Gasteiger partial charge in [0, 0.05) is 36.7 Å². The molecule has 0 saturated heterocycles. The number of amides is 2. The number of aromatic nitrogens is 1. The van der Waals surface area contributed by atoms with Crippen molar-refractivity contribution in [1.82, 2.24) is 10.3 Å². The van der Waals surface area contributed by atoms with E-state index in [-0.39, 0.29) is 24.1 Å². The lowest BCUT2D eigenvalue weighted by atomic mass is 10.1. The van der Waals surface area contributed by atoms with Crippen LogP contribution < -0.4 is 10.2 Å². The Hall–Kier alpha value is -3.54. The van der Waals surface area contributed by atoms with Crippen molar-refractivity contribution in [2.24, 2.45) is 0 Å². The van der Waals surface area contributed by atoms with E-state index in [0.717, 1.165) is 28.8 Å². The molecule has 0 spiro atoms. The average Bonchev–Trinajstić information content (AvgIpc) is 3.17. The van der Waals surface area contributed by atoms with E-state index in [9.17, 15) is 14.0 Å². The van der Waals surface area contributed by atoms with Crippen LogP contribution in [0, 0.1) is 5.82 Å². The SMILES string of the molecule is O=C(Cc1ccc(F)cc1)NCc1ccc2c(c1)CCN2C(=O)c1ccncc1. The zero-order chi connectivity index (χ0) is 20.2. The maximum atomic E-state index is 12.9. The highest BCUT2D eigenvalue weighted by molar-refractivity contribution is 6.07. The summed E-state index contributed by atoms with van der Waals surface area (Å²) in [6.07, 6.45) is 4.22. The van der Waals surface area contributed by atoms with Crippen LogP contribution in [0.3, 0.4) is 0 Å². The van der Waals surface area contributed by atoms with E-state index in [0.29, 0.717) is 18.7 Å². The molecule has 0 unspecified atom stereocenters. The lowest BCUT2D eigenvalue weighted by molar-refractivity contribution is -0.120. The van der Waals surface area contributed by atoms with Crippen LogP contribution in [0.1, 0.15) is 27.0 Å². The quantitative estimate of drug-likeness (QED) is 0.728. The van der Waals surface area contributed by atoms with Crippen molar-refractivity contribution in [1.29, 1.82) is 0 Å². The molecule has 0 atom stereocenters. The van der Waals surface area contributed by atoms with Gasteiger partial charge in [-0.05, 0) is 53.4 Å². The first-order valence-corrected chi connectivity index (χ1v) is 9.45. The summed E-state index contributed by atoms with van der Waals surface area (Å²) in [5.41, 5.74) is 4.37. The first-order valence-electron chi connectivity index (χ1n) is 9.45. The Morgan fingerprint density at radius 2 is 1.72 bits per heavy atom. The Kier molecular flexibility index (Phi) is 5.33. The van der Waals surface area contributed by atoms with E-state index in [1.165, 1.54) is 12.1 Å². The zero-order valence-corrected chi connectivity index (χ0v) is 15.8. The van der Waals surface area contributed by atoms with Gasteiger partial charge in [0.2, 0.25) is 5.91 Å². The molecule has 1 N–H and O–H groups in total. The molecule has 1 aromatic heterocycles. The standard InChI is InChI=1S/C23H20FN3O2/c24-20-4-1-16(2-5-20)14-22(28)26-15-17-3-6-21-19(13-17)9-12-27(21)23(29)18-7-10-25-11-8-18/h1-8,10-11,13H,9,12,14-15H2,(H,26,28). The van der Waals surface area contributed by atoms with E-state index < -0.39 is 0 Å². The maximum absolute atomic E-state index is 12.9. The predicted molar refractivity (Wildman–Crippen MR) is 108 cm³/mol. The number of anilines is 1. The number of nitrogens with one attached hydrogen (secondary N) is 1. The van der Waals surface area contributed by atoms with Crippen molar-refractivity contribution in [2.45, 2.75) is 19.4 Å². The number of rotatable bonds is 5. The Bertz CT molecular complexity index is 1040. The van der Waals surface area contributed by atoms with Crippen LogP contribution in [0.2, 0.25) is 0 Å². The van der Waals surface area contributed by atoms with E-state index >= 15 is 0 Å². The number of hydrogen-bond acceptors (Lipinski definition) is 3. The van der Waals surface area contributed by atoms with Crippen molar-refractivity contribution < 1.29 is 14.0 Å². The Labute approximate surface area is 168 Å². The van der Waals surface area contributed by atoms with Gasteiger partial charge in [-0.3, -0.25) is 14.6 Å². The third kappa shape index (κ3) is 4.32. The summed E-state index contributed by atoms with van der Waals surface area (Å²) in [5.74, 6) is -0.471. The highest BCUT2D eigenvalue weighted by Crippen LogP contribution is 2.30. The molecular formula is C23H20FN3O2. The van der Waals surface area contributed by atoms with Crippen LogP contribution >= 0.6 is 0 Å². The largest absolute Gasteiger partial charge is 0.352 e. The number of benzene rings is 2. The van der Waals surface area contributed by atoms with Crippen molar-refractivity contribution in [3.63, 3.8) is 0 Å². The number of hydrogen-bond donors (Lipinski definition) is 1. The first-order chi connectivity index (χ1) is 14.1. The summed E-state index contributed by atoms with van der Waals surface area (Å²) >= 11 is 0. The minimum atomic E-state index is -0.316. The van der Waals surface area contributed by atoms with Crippen molar-refractivity contribution >= 4 is 17.5 Å². The molecule has 146 valence electrons. The lowest BCUT2D eigenvalue weighted by Crippen LogP contribution is -2.28. The fourth-order valence-corrected chi connectivity index (χ4v) is 3.48. The molecule has 29 heavy (non-hydrogen) atoms. The first kappa shape index (κ1) is 18.8. The number of pyridine rings is 1. The molecule has 2 amide bonds. The van der Waals surface area contributed by atoms with Crippen LogP contribution in [0.4, 0.5) is 10.1 Å². The molecule has 2 aromatic carbocycles. The molecule has 1 aliphatic heterocycles. The van der Waals surface area contributed by atoms with Crippen LogP contribution in [-0.2, 0) is 24.2 Å². The van der Waals surface area contributed by atoms with Crippen LogP contribution in [-0.4, -0.2) is 23.3 Å². The van der Waals surface area contributed by atoms with Crippen LogP contribution in [0.25, 0.3) is 0 Å². The smallest absolute Gasteiger partial charge is 0.258 e.